The lowest BCUT2D eigenvalue weighted by Gasteiger charge is -2.36. The summed E-state index contributed by atoms with van der Waals surface area (Å²) in [6.07, 6.45) is 1.85. The van der Waals surface area contributed by atoms with Crippen LogP contribution in [0.5, 0.6) is 0 Å². The molecular formula is C44H44F4N10O6. The second kappa shape index (κ2) is 20.3. The number of H-pyrrole nitrogens is 3. The van der Waals surface area contributed by atoms with E-state index in [-0.39, 0.29) is 44.5 Å². The number of aromatic amines is 3. The molecule has 0 unspecified atom stereocenters. The van der Waals surface area contributed by atoms with Gasteiger partial charge in [0.05, 0.1) is 34.4 Å². The normalized spacial score (nSPS) is 12.7. The summed E-state index contributed by atoms with van der Waals surface area (Å²) in [6, 6.07) is 12.4. The van der Waals surface area contributed by atoms with Crippen LogP contribution in [0, 0.1) is 23.4 Å². The van der Waals surface area contributed by atoms with E-state index in [4.69, 9.17) is 5.11 Å². The standard InChI is InChI=1S/C22H24F2N6O2.C11H11FN2O2.C11H9FN2O2/c1-3-14-22(32)28-19-15(26-14)5-4-13(18(19)23)12-29-8-10-30(11-9-29)17-7-6-16(21(31)25-2)27-20(17)24;2*1-2-7-11(16)14-10-8(13-7)4-3-6(5-15)9(10)12/h4-7H,3,8-12H2,1-2H3,(H,25,31)(H,28,32);3-4,15H,2,5H2,1H3,(H,14,16);3-5H,2H2,1H3,(H,14,16). The Morgan fingerprint density at radius 3 is 1.59 bits per heavy atom. The number of rotatable bonds is 9. The van der Waals surface area contributed by atoms with Gasteiger partial charge in [-0.1, -0.05) is 32.9 Å². The predicted octanol–water partition coefficient (Wildman–Crippen LogP) is 4.39. The van der Waals surface area contributed by atoms with E-state index in [0.717, 1.165) is 0 Å². The number of aryl methyl sites for hydroxylation is 3. The highest BCUT2D eigenvalue weighted by atomic mass is 19.1. The molecule has 20 heteroatoms. The summed E-state index contributed by atoms with van der Waals surface area (Å²) in [5.74, 6) is -2.97. The van der Waals surface area contributed by atoms with Crippen LogP contribution in [0.1, 0.15) is 69.8 Å². The monoisotopic (exact) mass is 884 g/mol. The van der Waals surface area contributed by atoms with Gasteiger partial charge in [0.2, 0.25) is 5.95 Å². The van der Waals surface area contributed by atoms with Crippen molar-refractivity contribution >= 4 is 51.0 Å². The van der Waals surface area contributed by atoms with Crippen LogP contribution in [0.15, 0.2) is 62.9 Å². The Hall–Kier alpha value is -7.19. The first-order chi connectivity index (χ1) is 30.7. The van der Waals surface area contributed by atoms with Gasteiger partial charge in [-0.05, 0) is 55.7 Å². The number of piperazine rings is 1. The van der Waals surface area contributed by atoms with E-state index in [1.54, 1.807) is 31.2 Å². The van der Waals surface area contributed by atoms with E-state index < -0.39 is 41.5 Å². The predicted molar refractivity (Wildman–Crippen MR) is 231 cm³/mol. The molecule has 0 radical (unpaired) electrons. The van der Waals surface area contributed by atoms with Gasteiger partial charge in [0, 0.05) is 50.9 Å². The van der Waals surface area contributed by atoms with Gasteiger partial charge in [0.1, 0.15) is 39.3 Å². The van der Waals surface area contributed by atoms with Gasteiger partial charge >= 0.3 is 0 Å². The average molecular weight is 885 g/mol. The number of aromatic nitrogens is 7. The van der Waals surface area contributed by atoms with Crippen molar-refractivity contribution in [2.75, 3.05) is 38.1 Å². The number of nitrogens with zero attached hydrogens (tertiary/aromatic N) is 6. The van der Waals surface area contributed by atoms with Crippen molar-refractivity contribution in [3.63, 3.8) is 0 Å². The van der Waals surface area contributed by atoms with Gasteiger partial charge in [0.25, 0.3) is 22.6 Å². The molecule has 1 aliphatic rings. The number of amides is 1. The first-order valence-corrected chi connectivity index (χ1v) is 20.3. The van der Waals surface area contributed by atoms with Crippen LogP contribution in [0.25, 0.3) is 33.1 Å². The molecule has 8 rings (SSSR count). The lowest BCUT2D eigenvalue weighted by molar-refractivity contribution is 0.0956. The molecule has 0 atom stereocenters. The summed E-state index contributed by atoms with van der Waals surface area (Å²) in [7, 11) is 1.46. The van der Waals surface area contributed by atoms with Crippen molar-refractivity contribution in [3.05, 3.63) is 142 Å². The van der Waals surface area contributed by atoms with E-state index in [0.29, 0.717) is 103 Å². The topological polar surface area (TPSA) is 223 Å². The number of aliphatic hydroxyl groups excluding tert-OH is 1. The maximum absolute atomic E-state index is 15.0. The number of anilines is 1. The van der Waals surface area contributed by atoms with E-state index in [1.807, 2.05) is 18.7 Å². The highest BCUT2D eigenvalue weighted by molar-refractivity contribution is 5.92. The fraction of sp³-hybridized carbons (Fsp3) is 0.295. The van der Waals surface area contributed by atoms with Gasteiger partial charge < -0.3 is 30.3 Å². The Labute approximate surface area is 361 Å². The number of hydrogen-bond donors (Lipinski definition) is 5. The number of halogens is 4. The van der Waals surface area contributed by atoms with Crippen LogP contribution in [0.2, 0.25) is 0 Å². The van der Waals surface area contributed by atoms with Gasteiger partial charge in [0.15, 0.2) is 23.7 Å². The van der Waals surface area contributed by atoms with Crippen molar-refractivity contribution in [3.8, 4) is 0 Å². The molecular weight excluding hydrogens is 841 g/mol. The summed E-state index contributed by atoms with van der Waals surface area (Å²) in [5, 5.41) is 11.3. The number of benzene rings is 3. The molecule has 0 saturated carbocycles. The summed E-state index contributed by atoms with van der Waals surface area (Å²) in [4.78, 5) is 84.6. The molecule has 0 bridgehead atoms. The summed E-state index contributed by atoms with van der Waals surface area (Å²) in [5.41, 5.74) is 2.14. The Morgan fingerprint density at radius 2 is 1.14 bits per heavy atom. The largest absolute Gasteiger partial charge is 0.392 e. The third-order valence-electron chi connectivity index (χ3n) is 10.5. The average Bonchev–Trinajstić information content (AvgIpc) is 3.30. The quantitative estimate of drug-likeness (QED) is 0.0774. The van der Waals surface area contributed by atoms with Gasteiger partial charge in [-0.25, -0.2) is 33.1 Å². The SMILES string of the molecule is CCc1nc2ccc(C=O)c(F)c2[nH]c1=O.CCc1nc2ccc(CN3CCN(c4ccc(C(=O)NC)nc4F)CC3)c(F)c2[nH]c1=O.CCc1nc2ccc(CO)c(F)c2[nH]c1=O. The van der Waals surface area contributed by atoms with E-state index in [2.05, 4.69) is 45.1 Å². The zero-order valence-electron chi connectivity index (χ0n) is 35.2. The molecule has 1 amide bonds. The van der Waals surface area contributed by atoms with Gasteiger partial charge in [-0.15, -0.1) is 0 Å². The molecule has 1 fully saturated rings. The van der Waals surface area contributed by atoms with Gasteiger partial charge in [-0.3, -0.25) is 28.9 Å². The lowest BCUT2D eigenvalue weighted by atomic mass is 10.1. The third kappa shape index (κ3) is 9.87. The fourth-order valence-electron chi connectivity index (χ4n) is 6.94. The van der Waals surface area contributed by atoms with Crippen molar-refractivity contribution in [2.24, 2.45) is 0 Å². The lowest BCUT2D eigenvalue weighted by Crippen LogP contribution is -2.46. The van der Waals surface area contributed by atoms with Crippen molar-refractivity contribution in [1.82, 2.24) is 45.1 Å². The first-order valence-electron chi connectivity index (χ1n) is 20.3. The molecule has 0 aliphatic carbocycles. The van der Waals surface area contributed by atoms with Crippen molar-refractivity contribution in [1.29, 1.82) is 0 Å². The van der Waals surface area contributed by atoms with E-state index in [9.17, 15) is 37.1 Å². The maximum Gasteiger partial charge on any atom is 0.270 e. The van der Waals surface area contributed by atoms with E-state index >= 15 is 4.39 Å². The third-order valence-corrected chi connectivity index (χ3v) is 10.5. The molecule has 16 nitrogen and oxygen atoms in total. The highest BCUT2D eigenvalue weighted by Crippen LogP contribution is 2.23. The second-order valence-electron chi connectivity index (χ2n) is 14.5. The number of carbonyl (C=O) groups excluding carboxylic acids is 2. The van der Waals surface area contributed by atoms with Gasteiger partial charge in [-0.2, -0.15) is 4.39 Å². The summed E-state index contributed by atoms with van der Waals surface area (Å²) >= 11 is 0. The van der Waals surface area contributed by atoms with Crippen LogP contribution in [0.4, 0.5) is 23.2 Å². The highest BCUT2D eigenvalue weighted by Gasteiger charge is 2.23. The fourth-order valence-corrected chi connectivity index (χ4v) is 6.94. The summed E-state index contributed by atoms with van der Waals surface area (Å²) < 4.78 is 56.8. The zero-order chi connectivity index (χ0) is 46.2. The number of aldehydes is 1. The number of aliphatic hydroxyl groups is 1. The zero-order valence-corrected chi connectivity index (χ0v) is 35.2. The van der Waals surface area contributed by atoms with Crippen LogP contribution < -0.4 is 26.9 Å². The molecule has 1 saturated heterocycles. The minimum atomic E-state index is -0.736. The number of carbonyl (C=O) groups is 2. The number of fused-ring (bicyclic) bond motifs is 3. The molecule has 64 heavy (non-hydrogen) atoms. The number of hydrogen-bond acceptors (Lipinski definition) is 12. The molecule has 4 aromatic heterocycles. The Balaban J connectivity index is 0.000000178. The first kappa shape index (κ1) is 46.3. The minimum Gasteiger partial charge on any atom is -0.392 e. The van der Waals surface area contributed by atoms with E-state index in [1.165, 1.54) is 31.3 Å². The molecule has 1 aliphatic heterocycles. The van der Waals surface area contributed by atoms with Crippen LogP contribution in [-0.4, -0.2) is 90.3 Å². The minimum absolute atomic E-state index is 0.0215. The second-order valence-corrected chi connectivity index (χ2v) is 14.5. The molecule has 7 aromatic rings. The van der Waals surface area contributed by atoms with Crippen LogP contribution in [0.3, 0.4) is 0 Å². The number of nitrogens with one attached hydrogen (secondary N) is 4. The van der Waals surface area contributed by atoms with Crippen LogP contribution in [-0.2, 0) is 32.4 Å². The number of pyridine rings is 1. The Bertz CT molecular complexity index is 3060. The summed E-state index contributed by atoms with van der Waals surface area (Å²) in [6.45, 7) is 7.64. The molecule has 0 spiro atoms. The molecule has 5 heterocycles. The van der Waals surface area contributed by atoms with Crippen molar-refractivity contribution in [2.45, 2.75) is 53.2 Å². The Kier molecular flexibility index (Phi) is 14.7. The van der Waals surface area contributed by atoms with Crippen molar-refractivity contribution < 1.29 is 32.3 Å². The smallest absolute Gasteiger partial charge is 0.270 e. The maximum atomic E-state index is 15.0. The Morgan fingerprint density at radius 1 is 0.672 bits per heavy atom. The van der Waals surface area contributed by atoms with Crippen LogP contribution >= 0.6 is 0 Å². The molecule has 5 N–H and O–H groups in total. The molecule has 334 valence electrons. The molecule has 3 aromatic carbocycles.